The fourth-order valence-electron chi connectivity index (χ4n) is 0.642. The quantitative estimate of drug-likeness (QED) is 0.475. The van der Waals surface area contributed by atoms with Gasteiger partial charge in [-0.3, -0.25) is 14.4 Å². The minimum atomic E-state index is -0.826. The Kier molecular flexibility index (Phi) is 4.66. The van der Waals surface area contributed by atoms with Gasteiger partial charge in [0.1, 0.15) is 0 Å². The average molecular weight is 184 g/mol. The molecule has 0 aromatic carbocycles. The topological polar surface area (TPSA) is 60.4 Å². The molecular formula is C9H12O4. The summed E-state index contributed by atoms with van der Waals surface area (Å²) in [5.74, 6) is -1.13. The Bertz CT molecular complexity index is 252. The van der Waals surface area contributed by atoms with E-state index in [0.717, 1.165) is 12.2 Å². The first-order valence-corrected chi connectivity index (χ1v) is 3.83. The van der Waals surface area contributed by atoms with Gasteiger partial charge in [-0.05, 0) is 26.0 Å². The van der Waals surface area contributed by atoms with Crippen LogP contribution in [-0.2, 0) is 19.1 Å². The number of carbonyl (C=O) groups excluding carboxylic acids is 3. The second kappa shape index (κ2) is 5.24. The lowest BCUT2D eigenvalue weighted by atomic mass is 10.2. The summed E-state index contributed by atoms with van der Waals surface area (Å²) in [4.78, 5) is 31.9. The van der Waals surface area contributed by atoms with E-state index >= 15 is 0 Å². The zero-order valence-electron chi connectivity index (χ0n) is 7.87. The Labute approximate surface area is 76.6 Å². The highest BCUT2D eigenvalue weighted by atomic mass is 16.5. The summed E-state index contributed by atoms with van der Waals surface area (Å²) < 4.78 is 4.59. The lowest BCUT2D eigenvalue weighted by Gasteiger charge is -2.06. The summed E-state index contributed by atoms with van der Waals surface area (Å²) in [7, 11) is 0. The summed E-state index contributed by atoms with van der Waals surface area (Å²) >= 11 is 0. The highest BCUT2D eigenvalue weighted by Gasteiger charge is 2.12. The molecule has 0 aromatic heterocycles. The molecule has 0 aliphatic rings. The standard InChI is InChI=1S/C9H12O4/c1-6(10)4-5-9(12)7(2)13-8(3)11/h4-5,7H,1-3H3/b5-4+/t7-/m0/s1. The number of esters is 1. The molecule has 0 unspecified atom stereocenters. The van der Waals surface area contributed by atoms with Gasteiger partial charge in [0.25, 0.3) is 0 Å². The van der Waals surface area contributed by atoms with E-state index in [0.29, 0.717) is 0 Å². The molecule has 0 rings (SSSR count). The van der Waals surface area contributed by atoms with Crippen molar-refractivity contribution >= 4 is 17.5 Å². The van der Waals surface area contributed by atoms with Crippen LogP contribution in [0.15, 0.2) is 12.2 Å². The first-order chi connectivity index (χ1) is 5.93. The highest BCUT2D eigenvalue weighted by molar-refractivity contribution is 6.00. The molecule has 0 fully saturated rings. The van der Waals surface area contributed by atoms with Crippen molar-refractivity contribution in [2.24, 2.45) is 0 Å². The summed E-state index contributed by atoms with van der Waals surface area (Å²) in [6.45, 7) is 4.01. The molecule has 0 aromatic rings. The van der Waals surface area contributed by atoms with Gasteiger partial charge in [0.2, 0.25) is 0 Å². The van der Waals surface area contributed by atoms with Gasteiger partial charge >= 0.3 is 5.97 Å². The Morgan fingerprint density at radius 2 is 1.69 bits per heavy atom. The SMILES string of the molecule is CC(=O)/C=C/C(=O)[C@H](C)OC(C)=O. The first-order valence-electron chi connectivity index (χ1n) is 3.83. The van der Waals surface area contributed by atoms with Gasteiger partial charge in [-0.15, -0.1) is 0 Å². The van der Waals surface area contributed by atoms with Gasteiger partial charge in [-0.2, -0.15) is 0 Å². The monoisotopic (exact) mass is 184 g/mol. The number of hydrogen-bond donors (Lipinski definition) is 0. The van der Waals surface area contributed by atoms with E-state index in [4.69, 9.17) is 0 Å². The van der Waals surface area contributed by atoms with Gasteiger partial charge in [-0.1, -0.05) is 0 Å². The minimum absolute atomic E-state index is 0.219. The minimum Gasteiger partial charge on any atom is -0.454 e. The van der Waals surface area contributed by atoms with Crippen LogP contribution in [0.4, 0.5) is 0 Å². The normalized spacial score (nSPS) is 12.5. The smallest absolute Gasteiger partial charge is 0.303 e. The van der Waals surface area contributed by atoms with Crippen molar-refractivity contribution < 1.29 is 19.1 Å². The summed E-state index contributed by atoms with van der Waals surface area (Å²) in [5.41, 5.74) is 0. The van der Waals surface area contributed by atoms with Crippen LogP contribution in [0.3, 0.4) is 0 Å². The number of rotatable bonds is 4. The van der Waals surface area contributed by atoms with E-state index in [1.165, 1.54) is 20.8 Å². The summed E-state index contributed by atoms with van der Waals surface area (Å²) in [6.07, 6.45) is 1.42. The third-order valence-electron chi connectivity index (χ3n) is 1.23. The number of ketones is 2. The summed E-state index contributed by atoms with van der Waals surface area (Å²) in [6, 6.07) is 0. The van der Waals surface area contributed by atoms with E-state index in [-0.39, 0.29) is 5.78 Å². The summed E-state index contributed by atoms with van der Waals surface area (Å²) in [5, 5.41) is 0. The number of hydrogen-bond acceptors (Lipinski definition) is 4. The van der Waals surface area contributed by atoms with E-state index in [2.05, 4.69) is 4.74 Å². The zero-order chi connectivity index (χ0) is 10.4. The van der Waals surface area contributed by atoms with Crippen LogP contribution < -0.4 is 0 Å². The fraction of sp³-hybridized carbons (Fsp3) is 0.444. The van der Waals surface area contributed by atoms with Crippen LogP contribution in [-0.4, -0.2) is 23.6 Å². The highest BCUT2D eigenvalue weighted by Crippen LogP contribution is 1.95. The second-order valence-corrected chi connectivity index (χ2v) is 2.60. The van der Waals surface area contributed by atoms with Crippen molar-refractivity contribution in [3.8, 4) is 0 Å². The average Bonchev–Trinajstić information content (AvgIpc) is 1.98. The Balaban J connectivity index is 4.11. The fourth-order valence-corrected chi connectivity index (χ4v) is 0.642. The number of carbonyl (C=O) groups is 3. The van der Waals surface area contributed by atoms with Gasteiger partial charge in [0.05, 0.1) is 0 Å². The number of ether oxygens (including phenoxy) is 1. The molecule has 0 aliphatic heterocycles. The van der Waals surface area contributed by atoms with E-state index in [1.54, 1.807) is 0 Å². The van der Waals surface area contributed by atoms with Crippen LogP contribution in [0.2, 0.25) is 0 Å². The van der Waals surface area contributed by atoms with Crippen LogP contribution in [0.5, 0.6) is 0 Å². The van der Waals surface area contributed by atoms with Gasteiger partial charge < -0.3 is 4.74 Å². The maximum atomic E-state index is 11.1. The lowest BCUT2D eigenvalue weighted by Crippen LogP contribution is -2.21. The molecule has 13 heavy (non-hydrogen) atoms. The van der Waals surface area contributed by atoms with Crippen molar-refractivity contribution in [3.05, 3.63) is 12.2 Å². The molecular weight excluding hydrogens is 172 g/mol. The molecule has 0 amide bonds. The number of allylic oxidation sites excluding steroid dienone is 1. The van der Waals surface area contributed by atoms with Crippen LogP contribution in [0.1, 0.15) is 20.8 Å². The van der Waals surface area contributed by atoms with Crippen LogP contribution in [0.25, 0.3) is 0 Å². The molecule has 0 radical (unpaired) electrons. The zero-order valence-corrected chi connectivity index (χ0v) is 7.87. The second-order valence-electron chi connectivity index (χ2n) is 2.60. The lowest BCUT2D eigenvalue weighted by molar-refractivity contribution is -0.150. The van der Waals surface area contributed by atoms with Crippen LogP contribution >= 0.6 is 0 Å². The van der Waals surface area contributed by atoms with E-state index < -0.39 is 17.9 Å². The molecule has 4 heteroatoms. The predicted molar refractivity (Wildman–Crippen MR) is 46.1 cm³/mol. The molecule has 0 heterocycles. The molecule has 0 saturated carbocycles. The molecule has 1 atom stereocenters. The van der Waals surface area contributed by atoms with Crippen molar-refractivity contribution in [1.29, 1.82) is 0 Å². The van der Waals surface area contributed by atoms with Gasteiger partial charge in [0.15, 0.2) is 17.7 Å². The van der Waals surface area contributed by atoms with Gasteiger partial charge in [-0.25, -0.2) is 0 Å². The molecule has 0 aliphatic carbocycles. The first kappa shape index (κ1) is 11.6. The van der Waals surface area contributed by atoms with Gasteiger partial charge in [0, 0.05) is 6.92 Å². The maximum Gasteiger partial charge on any atom is 0.303 e. The van der Waals surface area contributed by atoms with E-state index in [9.17, 15) is 14.4 Å². The molecule has 0 spiro atoms. The van der Waals surface area contributed by atoms with Crippen molar-refractivity contribution in [2.45, 2.75) is 26.9 Å². The molecule has 4 nitrogen and oxygen atoms in total. The third-order valence-corrected chi connectivity index (χ3v) is 1.23. The van der Waals surface area contributed by atoms with Crippen LogP contribution in [0, 0.1) is 0 Å². The maximum absolute atomic E-state index is 11.1. The molecule has 72 valence electrons. The molecule has 0 saturated heterocycles. The molecule has 0 bridgehead atoms. The van der Waals surface area contributed by atoms with Crippen molar-refractivity contribution in [2.75, 3.05) is 0 Å². The predicted octanol–water partition coefficient (Wildman–Crippen LogP) is 0.652. The van der Waals surface area contributed by atoms with Crippen molar-refractivity contribution in [1.82, 2.24) is 0 Å². The Hall–Kier alpha value is -1.45. The Morgan fingerprint density at radius 1 is 1.15 bits per heavy atom. The Morgan fingerprint density at radius 3 is 2.08 bits per heavy atom. The largest absolute Gasteiger partial charge is 0.454 e. The molecule has 0 N–H and O–H groups in total. The van der Waals surface area contributed by atoms with Crippen molar-refractivity contribution in [3.63, 3.8) is 0 Å². The third kappa shape index (κ3) is 5.78. The van der Waals surface area contributed by atoms with E-state index in [1.807, 2.05) is 0 Å².